The van der Waals surface area contributed by atoms with Crippen LogP contribution in [0.1, 0.15) is 37.7 Å². The van der Waals surface area contributed by atoms with Crippen LogP contribution >= 0.6 is 10.7 Å². The van der Waals surface area contributed by atoms with Crippen molar-refractivity contribution in [3.63, 3.8) is 0 Å². The average molecular weight is 266 g/mol. The fourth-order valence-corrected chi connectivity index (χ4v) is 2.44. The molecule has 6 nitrogen and oxygen atoms in total. The number of nitrogens with zero attached hydrogens (tertiary/aromatic N) is 3. The third-order valence-electron chi connectivity index (χ3n) is 2.54. The van der Waals surface area contributed by atoms with Crippen molar-refractivity contribution < 1.29 is 13.2 Å². The van der Waals surface area contributed by atoms with Crippen LogP contribution in [-0.2, 0) is 13.8 Å². The van der Waals surface area contributed by atoms with E-state index in [1.165, 1.54) is 7.11 Å². The topological polar surface area (TPSA) is 74.1 Å². The maximum atomic E-state index is 11.3. The van der Waals surface area contributed by atoms with Gasteiger partial charge in [-0.3, -0.25) is 4.57 Å². The maximum Gasteiger partial charge on any atom is 0.296 e. The summed E-state index contributed by atoms with van der Waals surface area (Å²) in [6.07, 6.45) is 1.53. The van der Waals surface area contributed by atoms with Gasteiger partial charge in [-0.05, 0) is 19.8 Å². The molecule has 1 heterocycles. The first-order valence-electron chi connectivity index (χ1n) is 4.87. The Bertz CT molecular complexity index is 495. The second-order valence-electron chi connectivity index (χ2n) is 3.76. The van der Waals surface area contributed by atoms with Crippen molar-refractivity contribution >= 4 is 19.7 Å². The molecule has 0 aromatic carbocycles. The van der Waals surface area contributed by atoms with E-state index in [0.717, 1.165) is 12.8 Å². The molecule has 1 aromatic rings. The van der Waals surface area contributed by atoms with Gasteiger partial charge in [0.1, 0.15) is 6.10 Å². The van der Waals surface area contributed by atoms with Gasteiger partial charge in [-0.2, -0.15) is 0 Å². The molecule has 1 fully saturated rings. The zero-order valence-electron chi connectivity index (χ0n) is 8.92. The largest absolute Gasteiger partial charge is 0.374 e. The number of hydrogen-bond donors (Lipinski definition) is 0. The molecule has 1 aliphatic carbocycles. The molecule has 1 saturated carbocycles. The van der Waals surface area contributed by atoms with E-state index in [1.54, 1.807) is 11.5 Å². The molecule has 0 bridgehead atoms. The summed E-state index contributed by atoms with van der Waals surface area (Å²) < 4.78 is 29.3. The molecule has 1 unspecified atom stereocenters. The van der Waals surface area contributed by atoms with Crippen LogP contribution in [0.5, 0.6) is 0 Å². The molecule has 16 heavy (non-hydrogen) atoms. The SMILES string of the molecule is COC(C)c1nnc(S(=O)(=O)Cl)n1C1CC1. The lowest BCUT2D eigenvalue weighted by molar-refractivity contribution is 0.108. The highest BCUT2D eigenvalue weighted by molar-refractivity contribution is 8.13. The van der Waals surface area contributed by atoms with Gasteiger partial charge in [0.2, 0.25) is 0 Å². The van der Waals surface area contributed by atoms with Crippen molar-refractivity contribution in [2.24, 2.45) is 0 Å². The van der Waals surface area contributed by atoms with Crippen molar-refractivity contribution in [3.8, 4) is 0 Å². The summed E-state index contributed by atoms with van der Waals surface area (Å²) in [6.45, 7) is 1.79. The zero-order chi connectivity index (χ0) is 11.9. The van der Waals surface area contributed by atoms with E-state index >= 15 is 0 Å². The number of rotatable bonds is 4. The van der Waals surface area contributed by atoms with Crippen molar-refractivity contribution in [2.75, 3.05) is 7.11 Å². The van der Waals surface area contributed by atoms with Crippen molar-refractivity contribution in [2.45, 2.75) is 37.1 Å². The molecule has 0 spiro atoms. The van der Waals surface area contributed by atoms with E-state index in [-0.39, 0.29) is 17.3 Å². The molecule has 8 heteroatoms. The second kappa shape index (κ2) is 3.97. The van der Waals surface area contributed by atoms with E-state index in [2.05, 4.69) is 10.2 Å². The number of ether oxygens (including phenoxy) is 1. The van der Waals surface area contributed by atoms with E-state index in [4.69, 9.17) is 15.4 Å². The molecule has 90 valence electrons. The van der Waals surface area contributed by atoms with Gasteiger partial charge in [0.25, 0.3) is 14.2 Å². The number of methoxy groups -OCH3 is 1. The van der Waals surface area contributed by atoms with Crippen LogP contribution in [0.3, 0.4) is 0 Å². The molecule has 0 N–H and O–H groups in total. The summed E-state index contributed by atoms with van der Waals surface area (Å²) in [5.41, 5.74) is 0. The summed E-state index contributed by atoms with van der Waals surface area (Å²) in [6, 6.07) is 0.131. The fourth-order valence-electron chi connectivity index (χ4n) is 1.51. The Hall–Kier alpha value is -0.660. The molecule has 0 radical (unpaired) electrons. The molecule has 1 atom stereocenters. The summed E-state index contributed by atoms with van der Waals surface area (Å²) in [5.74, 6) is 0.504. The van der Waals surface area contributed by atoms with Crippen molar-refractivity contribution in [1.82, 2.24) is 14.8 Å². The Kier molecular flexibility index (Phi) is 2.93. The summed E-state index contributed by atoms with van der Waals surface area (Å²) in [4.78, 5) is 0. The first-order valence-corrected chi connectivity index (χ1v) is 7.18. The maximum absolute atomic E-state index is 11.3. The van der Waals surface area contributed by atoms with Crippen LogP contribution < -0.4 is 0 Å². The lowest BCUT2D eigenvalue weighted by Gasteiger charge is -2.11. The second-order valence-corrected chi connectivity index (χ2v) is 6.22. The number of halogens is 1. The predicted molar refractivity (Wildman–Crippen MR) is 56.8 cm³/mol. The summed E-state index contributed by atoms with van der Waals surface area (Å²) in [7, 11) is 2.98. The smallest absolute Gasteiger partial charge is 0.296 e. The minimum Gasteiger partial charge on any atom is -0.374 e. The zero-order valence-corrected chi connectivity index (χ0v) is 10.5. The van der Waals surface area contributed by atoms with E-state index in [0.29, 0.717) is 5.82 Å². The Morgan fingerprint density at radius 2 is 2.12 bits per heavy atom. The molecule has 0 aliphatic heterocycles. The first kappa shape index (κ1) is 11.8. The fraction of sp³-hybridized carbons (Fsp3) is 0.750. The lowest BCUT2D eigenvalue weighted by atomic mass is 10.4. The molecule has 2 rings (SSSR count). The van der Waals surface area contributed by atoms with Gasteiger partial charge in [-0.15, -0.1) is 10.2 Å². The molecule has 1 aromatic heterocycles. The van der Waals surface area contributed by atoms with Gasteiger partial charge < -0.3 is 4.74 Å². The highest BCUT2D eigenvalue weighted by Gasteiger charge is 2.35. The highest BCUT2D eigenvalue weighted by Crippen LogP contribution is 2.39. The minimum atomic E-state index is -3.85. The number of aromatic nitrogens is 3. The van der Waals surface area contributed by atoms with Gasteiger partial charge in [0, 0.05) is 23.8 Å². The van der Waals surface area contributed by atoms with Gasteiger partial charge in [0.15, 0.2) is 5.82 Å². The lowest BCUT2D eigenvalue weighted by Crippen LogP contribution is -2.11. The molecule has 0 amide bonds. The summed E-state index contributed by atoms with van der Waals surface area (Å²) >= 11 is 0. The van der Waals surface area contributed by atoms with Gasteiger partial charge in [0.05, 0.1) is 0 Å². The van der Waals surface area contributed by atoms with Gasteiger partial charge in [-0.1, -0.05) is 0 Å². The number of hydrogen-bond acceptors (Lipinski definition) is 5. The average Bonchev–Trinajstić information content (AvgIpc) is 2.94. The highest BCUT2D eigenvalue weighted by atomic mass is 35.7. The van der Waals surface area contributed by atoms with Crippen LogP contribution in [0, 0.1) is 0 Å². The van der Waals surface area contributed by atoms with Crippen LogP contribution in [0.4, 0.5) is 0 Å². The Morgan fingerprint density at radius 3 is 2.56 bits per heavy atom. The third-order valence-corrected chi connectivity index (χ3v) is 3.67. The van der Waals surface area contributed by atoms with Crippen molar-refractivity contribution in [1.29, 1.82) is 0 Å². The monoisotopic (exact) mass is 265 g/mol. The third kappa shape index (κ3) is 2.07. The molecular formula is C8H12ClN3O3S. The minimum absolute atomic E-state index is 0.131. The van der Waals surface area contributed by atoms with E-state index in [9.17, 15) is 8.42 Å². The predicted octanol–water partition coefficient (Wildman–Crippen LogP) is 1.25. The van der Waals surface area contributed by atoms with Crippen LogP contribution in [0.25, 0.3) is 0 Å². The molecule has 1 aliphatic rings. The van der Waals surface area contributed by atoms with Crippen LogP contribution in [0.15, 0.2) is 5.16 Å². The Morgan fingerprint density at radius 1 is 1.50 bits per heavy atom. The summed E-state index contributed by atoms with van der Waals surface area (Å²) in [5, 5.41) is 7.29. The van der Waals surface area contributed by atoms with Crippen LogP contribution in [0.2, 0.25) is 0 Å². The quantitative estimate of drug-likeness (QED) is 0.766. The van der Waals surface area contributed by atoms with E-state index < -0.39 is 9.05 Å². The van der Waals surface area contributed by atoms with Crippen LogP contribution in [-0.4, -0.2) is 30.3 Å². The Balaban J connectivity index is 2.52. The van der Waals surface area contributed by atoms with Crippen molar-refractivity contribution in [3.05, 3.63) is 5.82 Å². The normalized spacial score (nSPS) is 18.7. The van der Waals surface area contributed by atoms with Gasteiger partial charge >= 0.3 is 0 Å². The molecular weight excluding hydrogens is 254 g/mol. The Labute approximate surface area is 98.0 Å². The standard InChI is InChI=1S/C8H12ClN3O3S/c1-5(15-2)7-10-11-8(16(9,13)14)12(7)6-3-4-6/h5-6H,3-4H2,1-2H3. The van der Waals surface area contributed by atoms with E-state index in [1.807, 2.05) is 0 Å². The van der Waals surface area contributed by atoms with Gasteiger partial charge in [-0.25, -0.2) is 8.42 Å². The molecule has 0 saturated heterocycles. The first-order chi connectivity index (χ1) is 7.45.